The molecule has 1 amide bonds. The summed E-state index contributed by atoms with van der Waals surface area (Å²) in [6.07, 6.45) is 7.66. The second kappa shape index (κ2) is 6.25. The number of nitrogens with zero attached hydrogens (tertiary/aromatic N) is 2. The molecule has 3 heterocycles. The molecule has 21 heavy (non-hydrogen) atoms. The number of rotatable bonds is 3. The van der Waals surface area contributed by atoms with E-state index in [9.17, 15) is 4.79 Å². The molecule has 3 rings (SSSR count). The Morgan fingerprint density at radius 3 is 2.10 bits per heavy atom. The van der Waals surface area contributed by atoms with Crippen LogP contribution in [0, 0.1) is 5.92 Å². The average Bonchev–Trinajstić information content (AvgIpc) is 2.69. The lowest BCUT2D eigenvalue weighted by Crippen LogP contribution is -2.53. The number of fused-ring (bicyclic) bond motifs is 2. The molecule has 3 aliphatic rings. The number of piperidine rings is 2. The van der Waals surface area contributed by atoms with Gasteiger partial charge in [-0.05, 0) is 45.6 Å². The van der Waals surface area contributed by atoms with Crippen LogP contribution >= 0.6 is 0 Å². The fourth-order valence-electron chi connectivity index (χ4n) is 4.51. The highest BCUT2D eigenvalue weighted by Gasteiger charge is 2.39. The van der Waals surface area contributed by atoms with Gasteiger partial charge in [0.05, 0.1) is 0 Å². The van der Waals surface area contributed by atoms with Crippen molar-refractivity contribution < 1.29 is 4.79 Å². The summed E-state index contributed by atoms with van der Waals surface area (Å²) in [6.45, 7) is 5.88. The number of likely N-dealkylation sites (tertiary alicyclic amines) is 1. The topological polar surface area (TPSA) is 35.6 Å². The summed E-state index contributed by atoms with van der Waals surface area (Å²) in [5.74, 6) is 0.463. The first kappa shape index (κ1) is 15.3. The zero-order chi connectivity index (χ0) is 15.0. The number of carbonyl (C=O) groups excluding carboxylic acids is 1. The molecule has 120 valence electrons. The quantitative estimate of drug-likeness (QED) is 0.862. The molecule has 4 nitrogen and oxygen atoms in total. The predicted molar refractivity (Wildman–Crippen MR) is 85.2 cm³/mol. The van der Waals surface area contributed by atoms with Crippen LogP contribution in [0.4, 0.5) is 0 Å². The largest absolute Gasteiger partial charge is 0.342 e. The van der Waals surface area contributed by atoms with E-state index < -0.39 is 0 Å². The van der Waals surface area contributed by atoms with Gasteiger partial charge in [0, 0.05) is 43.2 Å². The minimum absolute atomic E-state index is 0.138. The number of hydrogen-bond donors (Lipinski definition) is 1. The second-order valence-electron chi connectivity index (χ2n) is 7.64. The predicted octanol–water partition coefficient (Wildman–Crippen LogP) is 1.85. The molecule has 2 bridgehead atoms. The van der Waals surface area contributed by atoms with E-state index in [1.165, 1.54) is 25.7 Å². The Balaban J connectivity index is 1.45. The lowest BCUT2D eigenvalue weighted by Gasteiger charge is -2.40. The number of carbonyl (C=O) groups is 1. The van der Waals surface area contributed by atoms with Crippen molar-refractivity contribution in [1.82, 2.24) is 15.1 Å². The van der Waals surface area contributed by atoms with Crippen LogP contribution in [-0.2, 0) is 4.79 Å². The molecule has 0 aromatic heterocycles. The van der Waals surface area contributed by atoms with Gasteiger partial charge in [0.15, 0.2) is 0 Å². The number of nitrogens with one attached hydrogen (secondary N) is 1. The summed E-state index contributed by atoms with van der Waals surface area (Å²) in [7, 11) is 2.30. The highest BCUT2D eigenvalue weighted by molar-refractivity contribution is 5.78. The molecular formula is C17H31N3O. The average molecular weight is 293 g/mol. The molecule has 0 aromatic carbocycles. The molecule has 3 saturated heterocycles. The van der Waals surface area contributed by atoms with Gasteiger partial charge in [-0.3, -0.25) is 4.79 Å². The van der Waals surface area contributed by atoms with E-state index in [0.717, 1.165) is 38.0 Å². The molecule has 0 aromatic rings. The molecule has 4 heteroatoms. The number of amides is 1. The molecule has 0 saturated carbocycles. The van der Waals surface area contributed by atoms with E-state index in [4.69, 9.17) is 0 Å². The third-order valence-electron chi connectivity index (χ3n) is 5.87. The van der Waals surface area contributed by atoms with Crippen molar-refractivity contribution in [2.45, 2.75) is 76.5 Å². The maximum absolute atomic E-state index is 12.0. The molecule has 1 N–H and O–H groups in total. The minimum atomic E-state index is 0.138. The van der Waals surface area contributed by atoms with Gasteiger partial charge in [0.25, 0.3) is 0 Å². The summed E-state index contributed by atoms with van der Waals surface area (Å²) < 4.78 is 0. The smallest absolute Gasteiger partial charge is 0.225 e. The van der Waals surface area contributed by atoms with E-state index in [-0.39, 0.29) is 5.92 Å². The van der Waals surface area contributed by atoms with Gasteiger partial charge in [-0.25, -0.2) is 0 Å². The van der Waals surface area contributed by atoms with Crippen molar-refractivity contribution in [3.8, 4) is 0 Å². The number of hydrogen-bond acceptors (Lipinski definition) is 3. The van der Waals surface area contributed by atoms with E-state index in [0.29, 0.717) is 18.0 Å². The summed E-state index contributed by atoms with van der Waals surface area (Å²) in [4.78, 5) is 16.7. The van der Waals surface area contributed by atoms with Crippen LogP contribution in [0.5, 0.6) is 0 Å². The van der Waals surface area contributed by atoms with Gasteiger partial charge in [-0.15, -0.1) is 0 Å². The van der Waals surface area contributed by atoms with Crippen LogP contribution in [-0.4, -0.2) is 60.0 Å². The van der Waals surface area contributed by atoms with Gasteiger partial charge in [-0.2, -0.15) is 0 Å². The Labute approximate surface area is 129 Å². The second-order valence-corrected chi connectivity index (χ2v) is 7.64. The molecule has 0 radical (unpaired) electrons. The summed E-state index contributed by atoms with van der Waals surface area (Å²) in [5, 5.41) is 3.90. The van der Waals surface area contributed by atoms with Gasteiger partial charge in [-0.1, -0.05) is 13.8 Å². The first-order valence-corrected chi connectivity index (χ1v) is 8.81. The van der Waals surface area contributed by atoms with Crippen molar-refractivity contribution in [2.75, 3.05) is 20.1 Å². The maximum atomic E-state index is 12.0. The Morgan fingerprint density at radius 2 is 1.57 bits per heavy atom. The highest BCUT2D eigenvalue weighted by atomic mass is 16.2. The maximum Gasteiger partial charge on any atom is 0.225 e. The Kier molecular flexibility index (Phi) is 4.55. The van der Waals surface area contributed by atoms with Crippen LogP contribution in [0.15, 0.2) is 0 Å². The van der Waals surface area contributed by atoms with Crippen molar-refractivity contribution in [2.24, 2.45) is 5.92 Å². The third-order valence-corrected chi connectivity index (χ3v) is 5.87. The fraction of sp³-hybridized carbons (Fsp3) is 0.941. The van der Waals surface area contributed by atoms with E-state index in [1.54, 1.807) is 0 Å². The van der Waals surface area contributed by atoms with Gasteiger partial charge in [0.2, 0.25) is 5.91 Å². The SMILES string of the molecule is CC(C)C(=O)N1CCC(NC2CC3CCC(C2)N3C)CC1. The molecule has 3 aliphatic heterocycles. The molecule has 3 fully saturated rings. The van der Waals surface area contributed by atoms with Gasteiger partial charge >= 0.3 is 0 Å². The zero-order valence-corrected chi connectivity index (χ0v) is 13.8. The normalized spacial score (nSPS) is 34.7. The van der Waals surface area contributed by atoms with Crippen LogP contribution < -0.4 is 5.32 Å². The zero-order valence-electron chi connectivity index (χ0n) is 13.8. The minimum Gasteiger partial charge on any atom is -0.342 e. The fourth-order valence-corrected chi connectivity index (χ4v) is 4.51. The van der Waals surface area contributed by atoms with Crippen LogP contribution in [0.1, 0.15) is 52.4 Å². The third kappa shape index (κ3) is 3.26. The molecule has 2 atom stereocenters. The molecule has 2 unspecified atom stereocenters. The molecule has 0 aliphatic carbocycles. The van der Waals surface area contributed by atoms with Crippen molar-refractivity contribution in [3.05, 3.63) is 0 Å². The lowest BCUT2D eigenvalue weighted by molar-refractivity contribution is -0.135. The Bertz CT molecular complexity index is 362. The van der Waals surface area contributed by atoms with E-state index in [2.05, 4.69) is 22.2 Å². The van der Waals surface area contributed by atoms with Crippen molar-refractivity contribution >= 4 is 5.91 Å². The van der Waals surface area contributed by atoms with Crippen LogP contribution in [0.2, 0.25) is 0 Å². The van der Waals surface area contributed by atoms with Gasteiger partial charge < -0.3 is 15.1 Å². The summed E-state index contributed by atoms with van der Waals surface area (Å²) in [5.41, 5.74) is 0. The highest BCUT2D eigenvalue weighted by Crippen LogP contribution is 2.34. The van der Waals surface area contributed by atoms with Crippen molar-refractivity contribution in [3.63, 3.8) is 0 Å². The summed E-state index contributed by atoms with van der Waals surface area (Å²) in [6, 6.07) is 2.94. The van der Waals surface area contributed by atoms with E-state index in [1.807, 2.05) is 13.8 Å². The molecule has 0 spiro atoms. The summed E-state index contributed by atoms with van der Waals surface area (Å²) >= 11 is 0. The van der Waals surface area contributed by atoms with Crippen molar-refractivity contribution in [1.29, 1.82) is 0 Å². The molecular weight excluding hydrogens is 262 g/mol. The monoisotopic (exact) mass is 293 g/mol. The standard InChI is InChI=1S/C17H31N3O/c1-12(2)17(21)20-8-6-13(7-9-20)18-14-10-15-4-5-16(11-14)19(15)3/h12-16,18H,4-11H2,1-3H3. The first-order chi connectivity index (χ1) is 10.0. The van der Waals surface area contributed by atoms with Gasteiger partial charge in [0.1, 0.15) is 0 Å². The first-order valence-electron chi connectivity index (χ1n) is 8.81. The van der Waals surface area contributed by atoms with Crippen LogP contribution in [0.25, 0.3) is 0 Å². The Hall–Kier alpha value is -0.610. The lowest BCUT2D eigenvalue weighted by atomic mass is 9.95. The van der Waals surface area contributed by atoms with Crippen LogP contribution in [0.3, 0.4) is 0 Å². The van der Waals surface area contributed by atoms with E-state index >= 15 is 0 Å². The Morgan fingerprint density at radius 1 is 1.00 bits per heavy atom.